The van der Waals surface area contributed by atoms with Crippen LogP contribution in [-0.4, -0.2) is 38.3 Å². The normalized spacial score (nSPS) is 28.6. The van der Waals surface area contributed by atoms with Gasteiger partial charge in [-0.3, -0.25) is 0 Å². The molecule has 0 spiro atoms. The predicted molar refractivity (Wildman–Crippen MR) is 79.2 cm³/mol. The van der Waals surface area contributed by atoms with Gasteiger partial charge in [-0.1, -0.05) is 6.42 Å². The number of carboxylic acid groups (broad SMARTS) is 1. The first-order valence-corrected chi connectivity index (χ1v) is 9.06. The highest BCUT2D eigenvalue weighted by Gasteiger charge is 2.47. The molecule has 6 heteroatoms. The zero-order valence-corrected chi connectivity index (χ0v) is 12.7. The molecule has 1 N–H and O–H groups in total. The van der Waals surface area contributed by atoms with Gasteiger partial charge < -0.3 is 10.0 Å². The third-order valence-electron chi connectivity index (χ3n) is 4.74. The van der Waals surface area contributed by atoms with E-state index in [1.807, 2.05) is 4.90 Å². The fourth-order valence-corrected chi connectivity index (χ4v) is 4.40. The monoisotopic (exact) mass is 309 g/mol. The van der Waals surface area contributed by atoms with E-state index in [1.54, 1.807) is 24.3 Å². The highest BCUT2D eigenvalue weighted by atomic mass is 32.2. The summed E-state index contributed by atoms with van der Waals surface area (Å²) in [6.45, 7) is 0.750. The van der Waals surface area contributed by atoms with Crippen molar-refractivity contribution < 1.29 is 18.3 Å². The van der Waals surface area contributed by atoms with Crippen LogP contribution in [-0.2, 0) is 14.6 Å². The topological polar surface area (TPSA) is 74.7 Å². The minimum absolute atomic E-state index is 0.220. The van der Waals surface area contributed by atoms with Crippen molar-refractivity contribution in [3.05, 3.63) is 24.3 Å². The number of fused-ring (bicyclic) bond motifs is 1. The molecule has 114 valence electrons. The fraction of sp³-hybridized carbons (Fsp3) is 0.533. The second-order valence-corrected chi connectivity index (χ2v) is 8.07. The van der Waals surface area contributed by atoms with Crippen molar-refractivity contribution in [3.63, 3.8) is 0 Å². The van der Waals surface area contributed by atoms with Gasteiger partial charge in [-0.15, -0.1) is 0 Å². The summed E-state index contributed by atoms with van der Waals surface area (Å²) in [5.41, 5.74) is 0.796. The summed E-state index contributed by atoms with van der Waals surface area (Å²) in [6, 6.07) is 6.05. The molecule has 1 saturated carbocycles. The molecule has 5 nitrogen and oxygen atoms in total. The second-order valence-electron chi connectivity index (χ2n) is 6.06. The lowest BCUT2D eigenvalue weighted by atomic mass is 9.94. The summed E-state index contributed by atoms with van der Waals surface area (Å²) in [5.74, 6) is -0.116. The van der Waals surface area contributed by atoms with Crippen LogP contribution in [0.1, 0.15) is 19.3 Å². The Hall–Kier alpha value is -1.56. The van der Waals surface area contributed by atoms with E-state index in [2.05, 4.69) is 0 Å². The van der Waals surface area contributed by atoms with Gasteiger partial charge in [0.2, 0.25) is 0 Å². The smallest absolute Gasteiger partial charge is 0.326 e. The average molecular weight is 309 g/mol. The Bertz CT molecular complexity index is 653. The summed E-state index contributed by atoms with van der Waals surface area (Å²) in [6.07, 6.45) is 4.34. The highest BCUT2D eigenvalue weighted by molar-refractivity contribution is 7.90. The minimum Gasteiger partial charge on any atom is -0.480 e. The van der Waals surface area contributed by atoms with Crippen LogP contribution in [0.25, 0.3) is 0 Å². The van der Waals surface area contributed by atoms with E-state index in [9.17, 15) is 18.3 Å². The number of benzene rings is 1. The average Bonchev–Trinajstić information content (AvgIpc) is 2.96. The summed E-state index contributed by atoms with van der Waals surface area (Å²) in [7, 11) is -3.22. The predicted octanol–water partition coefficient (Wildman–Crippen LogP) is 1.78. The largest absolute Gasteiger partial charge is 0.480 e. The first-order chi connectivity index (χ1) is 9.88. The molecule has 0 radical (unpaired) electrons. The summed E-state index contributed by atoms with van der Waals surface area (Å²) in [4.78, 5) is 13.8. The first-order valence-electron chi connectivity index (χ1n) is 7.17. The van der Waals surface area contributed by atoms with E-state index in [0.29, 0.717) is 5.92 Å². The lowest BCUT2D eigenvalue weighted by molar-refractivity contribution is -0.139. The third-order valence-corrected chi connectivity index (χ3v) is 5.87. The molecule has 2 aliphatic rings. The zero-order chi connectivity index (χ0) is 15.2. The quantitative estimate of drug-likeness (QED) is 0.921. The maximum absolute atomic E-state index is 11.6. The molecular formula is C15H19NO4S. The molecule has 0 amide bonds. The third kappa shape index (κ3) is 2.52. The van der Waals surface area contributed by atoms with Gasteiger partial charge in [0.15, 0.2) is 9.84 Å². The van der Waals surface area contributed by atoms with Gasteiger partial charge in [-0.05, 0) is 48.9 Å². The molecule has 3 atom stereocenters. The SMILES string of the molecule is CS(=O)(=O)c1ccc(N2CC3CCCC3C2C(=O)O)cc1. The summed E-state index contributed by atoms with van der Waals surface area (Å²) in [5, 5.41) is 9.54. The molecule has 2 fully saturated rings. The molecule has 1 aliphatic carbocycles. The molecule has 1 aromatic rings. The molecule has 3 unspecified atom stereocenters. The number of rotatable bonds is 3. The van der Waals surface area contributed by atoms with Crippen molar-refractivity contribution in [2.45, 2.75) is 30.2 Å². The van der Waals surface area contributed by atoms with Crippen molar-refractivity contribution >= 4 is 21.5 Å². The van der Waals surface area contributed by atoms with Gasteiger partial charge in [-0.25, -0.2) is 13.2 Å². The standard InChI is InChI=1S/C15H19NO4S/c1-21(19,20)12-7-5-11(6-8-12)16-9-10-3-2-4-13(10)14(16)15(17)18/h5-8,10,13-14H,2-4,9H2,1H3,(H,17,18). The molecule has 21 heavy (non-hydrogen) atoms. The van der Waals surface area contributed by atoms with Crippen molar-refractivity contribution in [1.82, 2.24) is 0 Å². The van der Waals surface area contributed by atoms with Gasteiger partial charge in [0, 0.05) is 18.5 Å². The Labute approximate surface area is 124 Å². The molecule has 3 rings (SSSR count). The van der Waals surface area contributed by atoms with Gasteiger partial charge in [0.1, 0.15) is 6.04 Å². The Kier molecular flexibility index (Phi) is 3.43. The Morgan fingerprint density at radius 1 is 1.24 bits per heavy atom. The van der Waals surface area contributed by atoms with Crippen LogP contribution in [0.4, 0.5) is 5.69 Å². The number of carbonyl (C=O) groups is 1. The number of anilines is 1. The van der Waals surface area contributed by atoms with Gasteiger partial charge in [0.05, 0.1) is 4.90 Å². The van der Waals surface area contributed by atoms with Crippen LogP contribution in [0.3, 0.4) is 0 Å². The summed E-state index contributed by atoms with van der Waals surface area (Å²) >= 11 is 0. The second kappa shape index (κ2) is 5.02. The van der Waals surface area contributed by atoms with E-state index in [1.165, 1.54) is 6.26 Å². The number of aliphatic carboxylic acids is 1. The number of sulfone groups is 1. The van der Waals surface area contributed by atoms with Gasteiger partial charge >= 0.3 is 5.97 Å². The first kappa shape index (κ1) is 14.4. The molecule has 0 aromatic heterocycles. The Morgan fingerprint density at radius 2 is 1.90 bits per heavy atom. The number of nitrogens with zero attached hydrogens (tertiary/aromatic N) is 1. The minimum atomic E-state index is -3.22. The number of hydrogen-bond acceptors (Lipinski definition) is 4. The van der Waals surface area contributed by atoms with Crippen LogP contribution in [0, 0.1) is 11.8 Å². The van der Waals surface area contributed by atoms with Gasteiger partial charge in [-0.2, -0.15) is 0 Å². The lowest BCUT2D eigenvalue weighted by Gasteiger charge is -2.26. The molecular weight excluding hydrogens is 290 g/mol. The van der Waals surface area contributed by atoms with Crippen LogP contribution in [0.2, 0.25) is 0 Å². The number of carboxylic acids is 1. The molecule has 1 heterocycles. The molecule has 0 bridgehead atoms. The van der Waals surface area contributed by atoms with E-state index in [0.717, 1.165) is 31.5 Å². The van der Waals surface area contributed by atoms with E-state index >= 15 is 0 Å². The van der Waals surface area contributed by atoms with E-state index < -0.39 is 21.8 Å². The van der Waals surface area contributed by atoms with E-state index in [-0.39, 0.29) is 10.8 Å². The zero-order valence-electron chi connectivity index (χ0n) is 11.9. The lowest BCUT2D eigenvalue weighted by Crippen LogP contribution is -2.39. The molecule has 1 aromatic carbocycles. The molecule has 1 saturated heterocycles. The Balaban J connectivity index is 1.91. The van der Waals surface area contributed by atoms with Crippen molar-refractivity contribution in [3.8, 4) is 0 Å². The van der Waals surface area contributed by atoms with Gasteiger partial charge in [0.25, 0.3) is 0 Å². The maximum atomic E-state index is 11.6. The van der Waals surface area contributed by atoms with Crippen molar-refractivity contribution in [2.75, 3.05) is 17.7 Å². The Morgan fingerprint density at radius 3 is 2.48 bits per heavy atom. The molecule has 1 aliphatic heterocycles. The van der Waals surface area contributed by atoms with Crippen LogP contribution in [0.15, 0.2) is 29.2 Å². The van der Waals surface area contributed by atoms with Crippen LogP contribution < -0.4 is 4.90 Å². The summed E-state index contributed by atoms with van der Waals surface area (Å²) < 4.78 is 23.0. The van der Waals surface area contributed by atoms with Crippen LogP contribution in [0.5, 0.6) is 0 Å². The van der Waals surface area contributed by atoms with Crippen LogP contribution >= 0.6 is 0 Å². The fourth-order valence-electron chi connectivity index (χ4n) is 3.77. The highest BCUT2D eigenvalue weighted by Crippen LogP contribution is 2.44. The number of hydrogen-bond donors (Lipinski definition) is 1. The van der Waals surface area contributed by atoms with Crippen molar-refractivity contribution in [2.24, 2.45) is 11.8 Å². The maximum Gasteiger partial charge on any atom is 0.326 e. The van der Waals surface area contributed by atoms with E-state index in [4.69, 9.17) is 0 Å². The van der Waals surface area contributed by atoms with Crippen molar-refractivity contribution in [1.29, 1.82) is 0 Å².